The van der Waals surface area contributed by atoms with Gasteiger partial charge in [0.1, 0.15) is 0 Å². The molecule has 1 aliphatic heterocycles. The molecule has 0 unspecified atom stereocenters. The molecule has 0 bridgehead atoms. The SMILES string of the molecule is SCCCN1[C]N(Cc2ccccc2)c2ccccc21. The predicted molar refractivity (Wildman–Crippen MR) is 88.1 cm³/mol. The van der Waals surface area contributed by atoms with Crippen LogP contribution in [-0.2, 0) is 6.54 Å². The lowest BCUT2D eigenvalue weighted by Crippen LogP contribution is -2.25. The standard InChI is InChI=1S/C17H18N2S/c20-12-6-11-18-14-19(13-15-7-2-1-3-8-15)17-10-5-4-9-16(17)18/h1-5,7-10,20H,6,11-13H2. The average Bonchev–Trinajstić information content (AvgIpc) is 2.85. The van der Waals surface area contributed by atoms with Gasteiger partial charge in [-0.15, -0.1) is 0 Å². The van der Waals surface area contributed by atoms with Crippen molar-refractivity contribution in [3.05, 3.63) is 66.8 Å². The number of nitrogens with zero attached hydrogens (tertiary/aromatic N) is 2. The zero-order valence-corrected chi connectivity index (χ0v) is 12.3. The van der Waals surface area contributed by atoms with Crippen molar-refractivity contribution in [3.8, 4) is 0 Å². The minimum atomic E-state index is 0.856. The van der Waals surface area contributed by atoms with Gasteiger partial charge in [-0.25, -0.2) is 0 Å². The largest absolute Gasteiger partial charge is 0.340 e. The summed E-state index contributed by atoms with van der Waals surface area (Å²) in [6.45, 7) is 5.29. The molecule has 0 amide bonds. The normalized spacial score (nSPS) is 13.7. The summed E-state index contributed by atoms with van der Waals surface area (Å²) in [5.74, 6) is 0.902. The Bertz CT molecular complexity index is 556. The van der Waals surface area contributed by atoms with Crippen molar-refractivity contribution in [1.29, 1.82) is 0 Å². The van der Waals surface area contributed by atoms with Gasteiger partial charge in [0.25, 0.3) is 0 Å². The number of anilines is 2. The molecule has 20 heavy (non-hydrogen) atoms. The number of hydrogen-bond acceptors (Lipinski definition) is 3. The molecule has 0 aromatic heterocycles. The molecule has 2 aromatic rings. The molecule has 0 aliphatic carbocycles. The summed E-state index contributed by atoms with van der Waals surface area (Å²) in [5.41, 5.74) is 3.77. The zero-order valence-electron chi connectivity index (χ0n) is 11.4. The van der Waals surface area contributed by atoms with E-state index in [9.17, 15) is 0 Å². The molecule has 1 aliphatic rings. The minimum absolute atomic E-state index is 0.856. The van der Waals surface area contributed by atoms with Crippen LogP contribution < -0.4 is 9.80 Å². The van der Waals surface area contributed by atoms with Crippen LogP contribution in [0.2, 0.25) is 0 Å². The van der Waals surface area contributed by atoms with Gasteiger partial charge in [0.05, 0.1) is 11.4 Å². The van der Waals surface area contributed by atoms with Crippen LogP contribution in [0.25, 0.3) is 0 Å². The van der Waals surface area contributed by atoms with Crippen molar-refractivity contribution < 1.29 is 0 Å². The Kier molecular flexibility index (Phi) is 4.16. The van der Waals surface area contributed by atoms with Crippen LogP contribution in [0.5, 0.6) is 0 Å². The van der Waals surface area contributed by atoms with Gasteiger partial charge in [-0.1, -0.05) is 42.5 Å². The number of hydrogen-bond donors (Lipinski definition) is 1. The molecule has 0 fully saturated rings. The molecule has 0 saturated carbocycles. The van der Waals surface area contributed by atoms with E-state index >= 15 is 0 Å². The van der Waals surface area contributed by atoms with Gasteiger partial charge in [-0.2, -0.15) is 12.6 Å². The summed E-state index contributed by atoms with van der Waals surface area (Å²) >= 11 is 4.30. The molecule has 0 saturated heterocycles. The van der Waals surface area contributed by atoms with E-state index in [-0.39, 0.29) is 0 Å². The Morgan fingerprint density at radius 2 is 1.50 bits per heavy atom. The second-order valence-corrected chi connectivity index (χ2v) is 5.34. The van der Waals surface area contributed by atoms with Crippen molar-refractivity contribution in [2.24, 2.45) is 0 Å². The van der Waals surface area contributed by atoms with Crippen molar-refractivity contribution >= 4 is 24.0 Å². The van der Waals surface area contributed by atoms with E-state index in [1.165, 1.54) is 16.9 Å². The van der Waals surface area contributed by atoms with Gasteiger partial charge < -0.3 is 9.80 Å². The third-order valence-electron chi connectivity index (χ3n) is 3.43. The first kappa shape index (κ1) is 13.4. The van der Waals surface area contributed by atoms with Crippen LogP contribution in [0.15, 0.2) is 54.6 Å². The highest BCUT2D eigenvalue weighted by Crippen LogP contribution is 2.38. The van der Waals surface area contributed by atoms with E-state index < -0.39 is 0 Å². The summed E-state index contributed by atoms with van der Waals surface area (Å²) < 4.78 is 0. The van der Waals surface area contributed by atoms with Crippen molar-refractivity contribution in [1.82, 2.24) is 0 Å². The lowest BCUT2D eigenvalue weighted by molar-refractivity contribution is 0.822. The molecule has 2 nitrogen and oxygen atoms in total. The van der Waals surface area contributed by atoms with Crippen LogP contribution in [0, 0.1) is 6.67 Å². The fourth-order valence-electron chi connectivity index (χ4n) is 2.46. The number of fused-ring (bicyclic) bond motifs is 1. The quantitative estimate of drug-likeness (QED) is 0.833. The Morgan fingerprint density at radius 1 is 0.850 bits per heavy atom. The summed E-state index contributed by atoms with van der Waals surface area (Å²) in [7, 11) is 0. The monoisotopic (exact) mass is 282 g/mol. The van der Waals surface area contributed by atoms with Crippen molar-refractivity contribution in [2.75, 3.05) is 22.1 Å². The first-order chi connectivity index (χ1) is 9.88. The maximum atomic E-state index is 4.30. The smallest absolute Gasteiger partial charge is 0.209 e. The van der Waals surface area contributed by atoms with E-state index in [1.807, 2.05) is 6.07 Å². The Balaban J connectivity index is 1.80. The highest BCUT2D eigenvalue weighted by molar-refractivity contribution is 7.80. The van der Waals surface area contributed by atoms with E-state index in [4.69, 9.17) is 0 Å². The highest BCUT2D eigenvalue weighted by atomic mass is 32.1. The lowest BCUT2D eigenvalue weighted by atomic mass is 10.2. The van der Waals surface area contributed by atoms with Crippen molar-refractivity contribution in [2.45, 2.75) is 13.0 Å². The van der Waals surface area contributed by atoms with E-state index in [1.54, 1.807) is 0 Å². The average molecular weight is 282 g/mol. The van der Waals surface area contributed by atoms with Gasteiger partial charge in [0, 0.05) is 13.1 Å². The maximum absolute atomic E-state index is 4.30. The number of rotatable bonds is 5. The number of para-hydroxylation sites is 2. The molecule has 2 aromatic carbocycles. The molecule has 3 heteroatoms. The molecule has 0 spiro atoms. The van der Waals surface area contributed by atoms with Crippen LogP contribution in [-0.4, -0.2) is 12.3 Å². The summed E-state index contributed by atoms with van der Waals surface area (Å²) in [5, 5.41) is 0. The number of benzene rings is 2. The molecule has 2 radical (unpaired) electrons. The van der Waals surface area contributed by atoms with Gasteiger partial charge in [0.2, 0.25) is 6.67 Å². The second-order valence-electron chi connectivity index (χ2n) is 4.89. The van der Waals surface area contributed by atoms with Gasteiger partial charge in [-0.05, 0) is 29.9 Å². The Hall–Kier alpha value is -1.61. The van der Waals surface area contributed by atoms with Crippen LogP contribution in [0.4, 0.5) is 11.4 Å². The third-order valence-corrected chi connectivity index (χ3v) is 3.74. The second kappa shape index (κ2) is 6.23. The van der Waals surface area contributed by atoms with Crippen LogP contribution >= 0.6 is 12.6 Å². The first-order valence-electron chi connectivity index (χ1n) is 6.93. The molecule has 102 valence electrons. The van der Waals surface area contributed by atoms with Gasteiger partial charge >= 0.3 is 0 Å². The molecular formula is C17H18N2S. The molecular weight excluding hydrogens is 264 g/mol. The van der Waals surface area contributed by atoms with Crippen molar-refractivity contribution in [3.63, 3.8) is 0 Å². The molecule has 0 N–H and O–H groups in total. The molecule has 1 heterocycles. The zero-order chi connectivity index (χ0) is 13.8. The van der Waals surface area contributed by atoms with E-state index in [0.717, 1.165) is 25.3 Å². The summed E-state index contributed by atoms with van der Waals surface area (Å²) in [6.07, 6.45) is 1.06. The summed E-state index contributed by atoms with van der Waals surface area (Å²) in [6, 6.07) is 19.0. The highest BCUT2D eigenvalue weighted by Gasteiger charge is 2.26. The topological polar surface area (TPSA) is 6.48 Å². The molecule has 0 atom stereocenters. The number of thiol groups is 1. The van der Waals surface area contributed by atoms with Crippen LogP contribution in [0.3, 0.4) is 0 Å². The summed E-state index contributed by atoms with van der Waals surface area (Å²) in [4.78, 5) is 4.40. The third kappa shape index (κ3) is 2.78. The fourth-order valence-corrected chi connectivity index (χ4v) is 2.60. The maximum Gasteiger partial charge on any atom is 0.209 e. The lowest BCUT2D eigenvalue weighted by Gasteiger charge is -2.19. The van der Waals surface area contributed by atoms with E-state index in [2.05, 4.69) is 77.6 Å². The van der Waals surface area contributed by atoms with Crippen LogP contribution in [0.1, 0.15) is 12.0 Å². The van der Waals surface area contributed by atoms with Gasteiger partial charge in [0.15, 0.2) is 0 Å². The fraction of sp³-hybridized carbons (Fsp3) is 0.235. The van der Waals surface area contributed by atoms with Gasteiger partial charge in [-0.3, -0.25) is 0 Å². The first-order valence-corrected chi connectivity index (χ1v) is 7.57. The Labute approximate surface area is 126 Å². The van der Waals surface area contributed by atoms with E-state index in [0.29, 0.717) is 0 Å². The Morgan fingerprint density at radius 3 is 2.20 bits per heavy atom. The molecule has 3 rings (SSSR count). The predicted octanol–water partition coefficient (Wildman–Crippen LogP) is 3.83. The minimum Gasteiger partial charge on any atom is -0.340 e.